The van der Waals surface area contributed by atoms with Gasteiger partial charge in [0.1, 0.15) is 0 Å². The number of hydrogen-bond donors (Lipinski definition) is 1. The lowest BCUT2D eigenvalue weighted by Gasteiger charge is -2.35. The molecule has 184 valence electrons. The molecular weight excluding hydrogens is 418 g/mol. The van der Waals surface area contributed by atoms with Crippen LogP contribution in [0, 0.1) is 0 Å². The maximum Gasteiger partial charge on any atom is 0.0607 e. The van der Waals surface area contributed by atoms with Crippen LogP contribution in [0.5, 0.6) is 0 Å². The Morgan fingerprint density at radius 2 is 2.15 bits per heavy atom. The monoisotopic (exact) mass is 461 g/mol. The minimum Gasteiger partial charge on any atom is -0.381 e. The Hall–Kier alpha value is -2.79. The first-order valence-electron chi connectivity index (χ1n) is 12.7. The number of likely N-dealkylation sites (N-methyl/N-ethyl adjacent to an activating group) is 2. The summed E-state index contributed by atoms with van der Waals surface area (Å²) in [6.45, 7) is 16.7. The first kappa shape index (κ1) is 25.8. The molecule has 1 N–H and O–H groups in total. The molecule has 0 amide bonds. The molecule has 0 saturated carbocycles. The zero-order valence-corrected chi connectivity index (χ0v) is 21.8. The van der Waals surface area contributed by atoms with Gasteiger partial charge in [0, 0.05) is 62.7 Å². The molecule has 2 unspecified atom stereocenters. The molecule has 1 aromatic heterocycles. The molecule has 2 heterocycles. The number of aromatic nitrogens is 1. The van der Waals surface area contributed by atoms with Gasteiger partial charge in [0.15, 0.2) is 0 Å². The van der Waals surface area contributed by atoms with Crippen LogP contribution in [0.2, 0.25) is 0 Å². The molecule has 5 nitrogen and oxygen atoms in total. The van der Waals surface area contributed by atoms with E-state index in [1.54, 1.807) is 0 Å². The van der Waals surface area contributed by atoms with Crippen molar-refractivity contribution in [3.63, 3.8) is 0 Å². The topological polar surface area (TPSA) is 34.6 Å². The van der Waals surface area contributed by atoms with Crippen LogP contribution in [0.1, 0.15) is 57.8 Å². The fourth-order valence-electron chi connectivity index (χ4n) is 4.68. The van der Waals surface area contributed by atoms with Crippen LogP contribution in [-0.4, -0.2) is 59.0 Å². The molecule has 1 aliphatic heterocycles. The number of pyridine rings is 1. The zero-order chi connectivity index (χ0) is 24.5. The van der Waals surface area contributed by atoms with E-state index in [1.165, 1.54) is 41.1 Å². The summed E-state index contributed by atoms with van der Waals surface area (Å²) in [4.78, 5) is 11.8. The molecule has 0 radical (unpaired) electrons. The molecule has 2 aliphatic rings. The van der Waals surface area contributed by atoms with Gasteiger partial charge >= 0.3 is 0 Å². The Morgan fingerprint density at radius 3 is 2.85 bits per heavy atom. The smallest absolute Gasteiger partial charge is 0.0607 e. The van der Waals surface area contributed by atoms with E-state index in [-0.39, 0.29) is 6.04 Å². The third-order valence-corrected chi connectivity index (χ3v) is 6.94. The molecule has 1 aromatic rings. The molecule has 0 aromatic carbocycles. The average molecular weight is 462 g/mol. The van der Waals surface area contributed by atoms with Crippen LogP contribution < -0.4 is 5.32 Å². The second-order valence-corrected chi connectivity index (χ2v) is 9.48. The maximum atomic E-state index is 4.78. The molecule has 0 saturated heterocycles. The van der Waals surface area contributed by atoms with Gasteiger partial charge in [0.05, 0.1) is 11.7 Å². The van der Waals surface area contributed by atoms with Crippen LogP contribution >= 0.6 is 0 Å². The standard InChI is InChI=1S/C29H43N5/c1-7-23(3)27(22-33(8-2)28-16-10-14-26-15-11-17-30-29(26)28)31-24(4)12-9-13-25(5)34-20-18-32(6)19-21-34/h7,9,11-13,15,17-18,20,24,28,31H,1,8,10,14,16,19,21-22H2,2-6H3/b12-9-,25-13+,27-23+. The molecule has 5 heteroatoms. The molecule has 0 bridgehead atoms. The minimum absolute atomic E-state index is 0.215. The quantitative estimate of drug-likeness (QED) is 0.472. The van der Waals surface area contributed by atoms with Crippen LogP contribution in [-0.2, 0) is 6.42 Å². The highest BCUT2D eigenvalue weighted by molar-refractivity contribution is 5.28. The van der Waals surface area contributed by atoms with E-state index in [0.717, 1.165) is 32.6 Å². The van der Waals surface area contributed by atoms with Gasteiger partial charge in [0.2, 0.25) is 0 Å². The van der Waals surface area contributed by atoms with Gasteiger partial charge in [-0.05, 0) is 69.9 Å². The van der Waals surface area contributed by atoms with Gasteiger partial charge in [-0.3, -0.25) is 9.88 Å². The summed E-state index contributed by atoms with van der Waals surface area (Å²) < 4.78 is 0. The van der Waals surface area contributed by atoms with Crippen molar-refractivity contribution in [3.8, 4) is 0 Å². The normalized spacial score (nSPS) is 20.4. The minimum atomic E-state index is 0.215. The van der Waals surface area contributed by atoms with E-state index >= 15 is 0 Å². The van der Waals surface area contributed by atoms with Gasteiger partial charge in [-0.25, -0.2) is 0 Å². The summed E-state index contributed by atoms with van der Waals surface area (Å²) in [6.07, 6.45) is 18.3. The zero-order valence-electron chi connectivity index (χ0n) is 21.8. The molecule has 1 aliphatic carbocycles. The number of nitrogens with one attached hydrogen (secondary N) is 1. The summed E-state index contributed by atoms with van der Waals surface area (Å²) >= 11 is 0. The lowest BCUT2D eigenvalue weighted by atomic mass is 9.90. The summed E-state index contributed by atoms with van der Waals surface area (Å²) in [5, 5.41) is 3.75. The third kappa shape index (κ3) is 6.86. The number of nitrogens with zero attached hydrogens (tertiary/aromatic N) is 4. The van der Waals surface area contributed by atoms with Crippen molar-refractivity contribution in [2.45, 2.75) is 59.0 Å². The van der Waals surface area contributed by atoms with Crippen LogP contribution in [0.4, 0.5) is 0 Å². The van der Waals surface area contributed by atoms with Crippen molar-refractivity contribution >= 4 is 0 Å². The SMILES string of the molecule is C=C/C(C)=C(\CN(CC)C1CCCc2cccnc21)NC(C)/C=C\C=C(/C)N1C=CN(C)CC1. The van der Waals surface area contributed by atoms with Crippen LogP contribution in [0.25, 0.3) is 0 Å². The number of rotatable bonds is 10. The lowest BCUT2D eigenvalue weighted by molar-refractivity contribution is 0.195. The van der Waals surface area contributed by atoms with Gasteiger partial charge < -0.3 is 15.1 Å². The summed E-state index contributed by atoms with van der Waals surface area (Å²) in [5.74, 6) is 0. The second-order valence-electron chi connectivity index (χ2n) is 9.48. The van der Waals surface area contributed by atoms with E-state index in [9.17, 15) is 0 Å². The Labute approximate surface area is 207 Å². The van der Waals surface area contributed by atoms with Crippen molar-refractivity contribution < 1.29 is 0 Å². The van der Waals surface area contributed by atoms with Crippen molar-refractivity contribution in [2.75, 3.05) is 33.2 Å². The molecule has 0 fully saturated rings. The maximum absolute atomic E-state index is 4.78. The third-order valence-electron chi connectivity index (χ3n) is 6.94. The van der Waals surface area contributed by atoms with E-state index in [4.69, 9.17) is 4.98 Å². The Morgan fingerprint density at radius 1 is 1.32 bits per heavy atom. The van der Waals surface area contributed by atoms with Crippen LogP contribution in [0.3, 0.4) is 0 Å². The molecular formula is C29H43N5. The van der Waals surface area contributed by atoms with Gasteiger partial charge in [-0.1, -0.05) is 37.8 Å². The fraction of sp³-hybridized carbons (Fsp3) is 0.483. The summed E-state index contributed by atoms with van der Waals surface area (Å²) in [7, 11) is 2.11. The molecule has 0 spiro atoms. The molecule has 3 rings (SSSR count). The predicted octanol–water partition coefficient (Wildman–Crippen LogP) is 5.40. The largest absolute Gasteiger partial charge is 0.381 e. The Kier molecular flexibility index (Phi) is 9.58. The average Bonchev–Trinajstić information content (AvgIpc) is 2.86. The number of hydrogen-bond acceptors (Lipinski definition) is 5. The van der Waals surface area contributed by atoms with Crippen LogP contribution in [0.15, 0.2) is 78.6 Å². The van der Waals surface area contributed by atoms with Crippen molar-refractivity contribution in [3.05, 3.63) is 89.8 Å². The van der Waals surface area contributed by atoms with E-state index in [2.05, 4.69) is 104 Å². The predicted molar refractivity (Wildman–Crippen MR) is 144 cm³/mol. The Balaban J connectivity index is 1.67. The molecule has 34 heavy (non-hydrogen) atoms. The van der Waals surface area contributed by atoms with Gasteiger partial charge in [-0.15, -0.1) is 0 Å². The van der Waals surface area contributed by atoms with E-state index in [1.807, 2.05) is 12.3 Å². The van der Waals surface area contributed by atoms with Crippen molar-refractivity contribution in [1.29, 1.82) is 0 Å². The molecule has 2 atom stereocenters. The summed E-state index contributed by atoms with van der Waals surface area (Å²) in [6, 6.07) is 4.90. The van der Waals surface area contributed by atoms with Gasteiger partial charge in [-0.2, -0.15) is 0 Å². The van der Waals surface area contributed by atoms with E-state index in [0.29, 0.717) is 6.04 Å². The number of allylic oxidation sites excluding steroid dienone is 5. The first-order valence-corrected chi connectivity index (χ1v) is 12.7. The highest BCUT2D eigenvalue weighted by Crippen LogP contribution is 2.33. The Bertz CT molecular complexity index is 942. The fourth-order valence-corrected chi connectivity index (χ4v) is 4.68. The van der Waals surface area contributed by atoms with E-state index < -0.39 is 0 Å². The van der Waals surface area contributed by atoms with Crippen molar-refractivity contribution in [1.82, 2.24) is 25.0 Å². The highest BCUT2D eigenvalue weighted by Gasteiger charge is 2.27. The van der Waals surface area contributed by atoms with Gasteiger partial charge in [0.25, 0.3) is 0 Å². The lowest BCUT2D eigenvalue weighted by Crippen LogP contribution is -2.38. The first-order chi connectivity index (χ1) is 16.4. The highest BCUT2D eigenvalue weighted by atomic mass is 15.2. The second kappa shape index (κ2) is 12.6. The summed E-state index contributed by atoms with van der Waals surface area (Å²) in [5.41, 5.74) is 6.36. The number of fused-ring (bicyclic) bond motifs is 1. The number of aryl methyl sites for hydroxylation is 1. The van der Waals surface area contributed by atoms with Crippen molar-refractivity contribution in [2.24, 2.45) is 0 Å².